The lowest BCUT2D eigenvalue weighted by Crippen LogP contribution is -2.46. The van der Waals surface area contributed by atoms with E-state index in [-0.39, 0.29) is 0 Å². The normalized spacial score (nSPS) is 51.6. The predicted molar refractivity (Wildman–Crippen MR) is 94.6 cm³/mol. The predicted octanol–water partition coefficient (Wildman–Crippen LogP) is 6.47. The third-order valence-corrected chi connectivity index (χ3v) is 8.56. The van der Waals surface area contributed by atoms with Gasteiger partial charge in [-0.25, -0.2) is 0 Å². The Morgan fingerprint density at radius 3 is 2.27 bits per heavy atom. The van der Waals surface area contributed by atoms with Crippen LogP contribution in [0.15, 0.2) is 12.2 Å². The van der Waals surface area contributed by atoms with Crippen molar-refractivity contribution < 1.29 is 0 Å². The molecule has 0 aromatic rings. The maximum Gasteiger partial charge on any atom is -0.0146 e. The summed E-state index contributed by atoms with van der Waals surface area (Å²) in [5.41, 5.74) is 1.72. The molecule has 0 heteroatoms. The van der Waals surface area contributed by atoms with Crippen molar-refractivity contribution >= 4 is 0 Å². The molecule has 4 rings (SSSR count). The second kappa shape index (κ2) is 5.99. The summed E-state index contributed by atoms with van der Waals surface area (Å²) in [6.07, 6.45) is 15.1. The van der Waals surface area contributed by atoms with Gasteiger partial charge in [-0.1, -0.05) is 58.1 Å². The van der Waals surface area contributed by atoms with Crippen molar-refractivity contribution in [2.24, 2.45) is 47.3 Å². The Kier molecular flexibility index (Phi) is 4.16. The average molecular weight is 301 g/mol. The van der Waals surface area contributed by atoms with Crippen LogP contribution in [0, 0.1) is 47.3 Å². The van der Waals surface area contributed by atoms with E-state index in [2.05, 4.69) is 13.8 Å². The highest BCUT2D eigenvalue weighted by molar-refractivity contribution is 5.18. The molecule has 0 spiro atoms. The molecular formula is C22H36. The van der Waals surface area contributed by atoms with E-state index in [0.717, 1.165) is 47.3 Å². The Morgan fingerprint density at radius 2 is 1.55 bits per heavy atom. The zero-order chi connectivity index (χ0) is 15.3. The van der Waals surface area contributed by atoms with Crippen LogP contribution in [0.3, 0.4) is 0 Å². The highest BCUT2D eigenvalue weighted by Gasteiger charge is 2.49. The number of hydrogen-bond acceptors (Lipinski definition) is 0. The summed E-state index contributed by atoms with van der Waals surface area (Å²) in [5, 5.41) is 0. The molecule has 0 saturated heterocycles. The quantitative estimate of drug-likeness (QED) is 0.487. The van der Waals surface area contributed by atoms with Gasteiger partial charge in [0.05, 0.1) is 0 Å². The number of fused-ring (bicyclic) bond motifs is 3. The van der Waals surface area contributed by atoms with Gasteiger partial charge in [0.15, 0.2) is 0 Å². The smallest absolute Gasteiger partial charge is 0.0146 e. The summed E-state index contributed by atoms with van der Waals surface area (Å²) in [4.78, 5) is 0. The fourth-order valence-electron chi connectivity index (χ4n) is 7.40. The molecule has 124 valence electrons. The van der Waals surface area contributed by atoms with Gasteiger partial charge in [0, 0.05) is 0 Å². The molecule has 0 aromatic heterocycles. The summed E-state index contributed by atoms with van der Waals surface area (Å²) >= 11 is 0. The van der Waals surface area contributed by atoms with Crippen molar-refractivity contribution in [3.63, 3.8) is 0 Å². The Bertz CT molecular complexity index is 422. The highest BCUT2D eigenvalue weighted by atomic mass is 14.5. The SMILES string of the molecule is C=C1C2C[C@@H]3CCCC[C@@H]3CC2CC2CCC(CC)C(C)C12. The van der Waals surface area contributed by atoms with Gasteiger partial charge in [-0.2, -0.15) is 0 Å². The van der Waals surface area contributed by atoms with Crippen LogP contribution in [-0.2, 0) is 0 Å². The van der Waals surface area contributed by atoms with E-state index in [1.165, 1.54) is 44.9 Å². The van der Waals surface area contributed by atoms with Crippen LogP contribution in [-0.4, -0.2) is 0 Å². The van der Waals surface area contributed by atoms with Crippen LogP contribution < -0.4 is 0 Å². The number of rotatable bonds is 1. The monoisotopic (exact) mass is 300 g/mol. The standard InChI is InChI=1S/C22H36/c1-4-16-9-10-19-12-20-11-17-7-5-6-8-18(17)13-21(20)15(3)22(19)14(16)2/h14,16-22H,3-13H2,1-2H3/t14?,16?,17-,18+,19?,20?,21?,22?/m1/s1. The molecular weight excluding hydrogens is 264 g/mol. The topological polar surface area (TPSA) is 0 Å². The first-order valence-corrected chi connectivity index (χ1v) is 10.4. The average Bonchev–Trinajstić information content (AvgIpc) is 2.54. The maximum atomic E-state index is 4.74. The minimum absolute atomic E-state index is 0.875. The molecule has 0 bridgehead atoms. The molecule has 0 aliphatic heterocycles. The summed E-state index contributed by atoms with van der Waals surface area (Å²) in [6, 6.07) is 0. The zero-order valence-electron chi connectivity index (χ0n) is 14.9. The second-order valence-corrected chi connectivity index (χ2v) is 9.34. The van der Waals surface area contributed by atoms with E-state index in [0.29, 0.717) is 0 Å². The molecule has 4 aliphatic carbocycles. The summed E-state index contributed by atoms with van der Waals surface area (Å²) in [5.74, 6) is 7.80. The van der Waals surface area contributed by atoms with Gasteiger partial charge in [0.1, 0.15) is 0 Å². The van der Waals surface area contributed by atoms with Crippen LogP contribution in [0.25, 0.3) is 0 Å². The third-order valence-electron chi connectivity index (χ3n) is 8.56. The van der Waals surface area contributed by atoms with Gasteiger partial charge in [-0.05, 0) is 79.4 Å². The minimum atomic E-state index is 0.875. The van der Waals surface area contributed by atoms with Crippen LogP contribution in [0.5, 0.6) is 0 Å². The molecule has 4 aliphatic rings. The minimum Gasteiger partial charge on any atom is -0.0993 e. The first-order chi connectivity index (χ1) is 10.7. The van der Waals surface area contributed by atoms with E-state index in [9.17, 15) is 0 Å². The third kappa shape index (κ3) is 2.40. The Labute approximate surface area is 138 Å². The van der Waals surface area contributed by atoms with E-state index < -0.39 is 0 Å². The van der Waals surface area contributed by atoms with Gasteiger partial charge in [0.25, 0.3) is 0 Å². The van der Waals surface area contributed by atoms with Gasteiger partial charge >= 0.3 is 0 Å². The van der Waals surface area contributed by atoms with Gasteiger partial charge < -0.3 is 0 Å². The van der Waals surface area contributed by atoms with Gasteiger partial charge in [0.2, 0.25) is 0 Å². The van der Waals surface area contributed by atoms with E-state index in [1.54, 1.807) is 24.8 Å². The molecule has 0 amide bonds. The molecule has 6 unspecified atom stereocenters. The molecule has 0 N–H and O–H groups in total. The first-order valence-electron chi connectivity index (χ1n) is 10.4. The lowest BCUT2D eigenvalue weighted by atomic mass is 9.50. The van der Waals surface area contributed by atoms with Crippen LogP contribution in [0.2, 0.25) is 0 Å². The van der Waals surface area contributed by atoms with Crippen molar-refractivity contribution in [3.8, 4) is 0 Å². The largest absolute Gasteiger partial charge is 0.0993 e. The van der Waals surface area contributed by atoms with E-state index in [1.807, 2.05) is 0 Å². The summed E-state index contributed by atoms with van der Waals surface area (Å²) in [7, 11) is 0. The van der Waals surface area contributed by atoms with E-state index in [4.69, 9.17) is 6.58 Å². The molecule has 8 atom stereocenters. The summed E-state index contributed by atoms with van der Waals surface area (Å²) in [6.45, 7) is 9.70. The Hall–Kier alpha value is -0.260. The highest BCUT2D eigenvalue weighted by Crippen LogP contribution is 2.58. The van der Waals surface area contributed by atoms with E-state index >= 15 is 0 Å². The summed E-state index contributed by atoms with van der Waals surface area (Å²) < 4.78 is 0. The molecule has 22 heavy (non-hydrogen) atoms. The molecule has 4 fully saturated rings. The molecule has 4 saturated carbocycles. The van der Waals surface area contributed by atoms with Gasteiger partial charge in [-0.3, -0.25) is 0 Å². The van der Waals surface area contributed by atoms with Crippen LogP contribution >= 0.6 is 0 Å². The van der Waals surface area contributed by atoms with Crippen molar-refractivity contribution in [3.05, 3.63) is 12.2 Å². The molecule has 0 heterocycles. The fourth-order valence-corrected chi connectivity index (χ4v) is 7.40. The second-order valence-electron chi connectivity index (χ2n) is 9.34. The van der Waals surface area contributed by atoms with Gasteiger partial charge in [-0.15, -0.1) is 0 Å². The Balaban J connectivity index is 1.54. The molecule has 0 radical (unpaired) electrons. The zero-order valence-corrected chi connectivity index (χ0v) is 14.9. The fraction of sp³-hybridized carbons (Fsp3) is 0.909. The van der Waals surface area contributed by atoms with Crippen LogP contribution in [0.1, 0.15) is 78.1 Å². The lowest BCUT2D eigenvalue weighted by Gasteiger charge is -2.55. The Morgan fingerprint density at radius 1 is 0.864 bits per heavy atom. The van der Waals surface area contributed by atoms with Crippen LogP contribution in [0.4, 0.5) is 0 Å². The number of allylic oxidation sites excluding steroid dienone is 1. The number of hydrogen-bond donors (Lipinski definition) is 0. The first kappa shape index (κ1) is 15.3. The maximum absolute atomic E-state index is 4.74. The molecule has 0 aromatic carbocycles. The van der Waals surface area contributed by atoms with Crippen molar-refractivity contribution in [1.82, 2.24) is 0 Å². The van der Waals surface area contributed by atoms with Crippen molar-refractivity contribution in [2.45, 2.75) is 78.1 Å². The molecule has 0 nitrogen and oxygen atoms in total. The lowest BCUT2D eigenvalue weighted by molar-refractivity contribution is 0.00658. The van der Waals surface area contributed by atoms with Crippen molar-refractivity contribution in [1.29, 1.82) is 0 Å². The van der Waals surface area contributed by atoms with Crippen molar-refractivity contribution in [2.75, 3.05) is 0 Å².